The number of hydrogen-bond donors (Lipinski definition) is 3. The number of carbonyl (C=O) groups excluding carboxylic acids is 1. The number of aliphatic hydroxyl groups excluding tert-OH is 1. The SMILES string of the molecule is Cc1ncsc1-c1ccc([C@]2(C)NC([C@H]3C[C@@H](O)CN3)=NC2=O)cc1. The van der Waals surface area contributed by atoms with Crippen molar-refractivity contribution in [3.63, 3.8) is 0 Å². The van der Waals surface area contributed by atoms with Gasteiger partial charge in [-0.1, -0.05) is 24.3 Å². The van der Waals surface area contributed by atoms with E-state index in [-0.39, 0.29) is 11.9 Å². The van der Waals surface area contributed by atoms with Crippen LogP contribution in [0.4, 0.5) is 0 Å². The van der Waals surface area contributed by atoms with Crippen LogP contribution in [-0.4, -0.2) is 40.5 Å². The summed E-state index contributed by atoms with van der Waals surface area (Å²) in [5.41, 5.74) is 3.95. The Morgan fingerprint density at radius 2 is 2.08 bits per heavy atom. The highest BCUT2D eigenvalue weighted by Gasteiger charge is 2.43. The van der Waals surface area contributed by atoms with E-state index in [9.17, 15) is 9.90 Å². The van der Waals surface area contributed by atoms with Gasteiger partial charge in [-0.15, -0.1) is 11.3 Å². The molecule has 25 heavy (non-hydrogen) atoms. The van der Waals surface area contributed by atoms with Gasteiger partial charge in [0.2, 0.25) is 0 Å². The first kappa shape index (κ1) is 16.4. The van der Waals surface area contributed by atoms with E-state index in [0.29, 0.717) is 18.8 Å². The lowest BCUT2D eigenvalue weighted by Gasteiger charge is -2.25. The number of aliphatic imine (C=N–C) groups is 1. The summed E-state index contributed by atoms with van der Waals surface area (Å²) in [7, 11) is 0. The topological polar surface area (TPSA) is 86.6 Å². The van der Waals surface area contributed by atoms with Gasteiger partial charge in [-0.25, -0.2) is 4.98 Å². The molecule has 130 valence electrons. The molecule has 0 saturated carbocycles. The number of aliphatic hydroxyl groups is 1. The zero-order valence-electron chi connectivity index (χ0n) is 14.1. The van der Waals surface area contributed by atoms with Crippen LogP contribution in [0, 0.1) is 6.92 Å². The van der Waals surface area contributed by atoms with Gasteiger partial charge in [0.05, 0.1) is 28.2 Å². The maximum Gasteiger partial charge on any atom is 0.277 e. The number of rotatable bonds is 3. The van der Waals surface area contributed by atoms with Crippen LogP contribution in [0.25, 0.3) is 10.4 Å². The molecule has 1 aromatic heterocycles. The van der Waals surface area contributed by atoms with Crippen LogP contribution in [0.1, 0.15) is 24.6 Å². The Labute approximate surface area is 150 Å². The van der Waals surface area contributed by atoms with E-state index in [1.165, 1.54) is 0 Å². The van der Waals surface area contributed by atoms with Crippen molar-refractivity contribution in [3.8, 4) is 10.4 Å². The first-order valence-electron chi connectivity index (χ1n) is 8.31. The summed E-state index contributed by atoms with van der Waals surface area (Å²) < 4.78 is 0. The maximum absolute atomic E-state index is 12.6. The van der Waals surface area contributed by atoms with Crippen LogP contribution in [0.2, 0.25) is 0 Å². The van der Waals surface area contributed by atoms with Gasteiger partial charge in [0.15, 0.2) is 0 Å². The molecule has 3 heterocycles. The second-order valence-electron chi connectivity index (χ2n) is 6.75. The highest BCUT2D eigenvalue weighted by Crippen LogP contribution is 2.32. The normalized spacial score (nSPS) is 28.9. The molecule has 0 radical (unpaired) electrons. The molecule has 1 fully saturated rings. The number of nitrogens with one attached hydrogen (secondary N) is 2. The predicted octanol–water partition coefficient (Wildman–Crippen LogP) is 1.58. The van der Waals surface area contributed by atoms with Gasteiger partial charge < -0.3 is 15.7 Å². The van der Waals surface area contributed by atoms with Gasteiger partial charge in [-0.2, -0.15) is 4.99 Å². The number of nitrogens with zero attached hydrogens (tertiary/aromatic N) is 2. The number of hydrogen-bond acceptors (Lipinski definition) is 6. The van der Waals surface area contributed by atoms with Crippen LogP contribution in [0.5, 0.6) is 0 Å². The first-order chi connectivity index (χ1) is 12.0. The number of carbonyl (C=O) groups is 1. The lowest BCUT2D eigenvalue weighted by molar-refractivity contribution is -0.122. The molecule has 7 heteroatoms. The van der Waals surface area contributed by atoms with Gasteiger partial charge in [-0.3, -0.25) is 4.79 Å². The molecule has 2 aliphatic heterocycles. The average molecular weight is 356 g/mol. The Morgan fingerprint density at radius 3 is 2.68 bits per heavy atom. The summed E-state index contributed by atoms with van der Waals surface area (Å²) in [6, 6.07) is 7.88. The molecule has 3 atom stereocenters. The van der Waals surface area contributed by atoms with Crippen molar-refractivity contribution in [1.29, 1.82) is 0 Å². The number of β-amino-alcohol motifs (C(OH)–C–C–N with tert-alkyl or cyclic N) is 1. The zero-order chi connectivity index (χ0) is 17.6. The zero-order valence-corrected chi connectivity index (χ0v) is 14.9. The summed E-state index contributed by atoms with van der Waals surface area (Å²) in [4.78, 5) is 22.2. The molecule has 0 spiro atoms. The van der Waals surface area contributed by atoms with Crippen molar-refractivity contribution in [2.75, 3.05) is 6.54 Å². The van der Waals surface area contributed by atoms with E-state index in [0.717, 1.165) is 21.7 Å². The molecule has 3 N–H and O–H groups in total. The van der Waals surface area contributed by atoms with Crippen LogP contribution in [-0.2, 0) is 10.3 Å². The number of amides is 1. The van der Waals surface area contributed by atoms with Gasteiger partial charge in [0.25, 0.3) is 5.91 Å². The molecular weight excluding hydrogens is 336 g/mol. The molecule has 2 aliphatic rings. The lowest BCUT2D eigenvalue weighted by atomic mass is 9.91. The number of amidine groups is 1. The van der Waals surface area contributed by atoms with E-state index < -0.39 is 11.6 Å². The largest absolute Gasteiger partial charge is 0.392 e. The van der Waals surface area contributed by atoms with Gasteiger partial charge in [0, 0.05) is 6.54 Å². The predicted molar refractivity (Wildman–Crippen MR) is 97.6 cm³/mol. The van der Waals surface area contributed by atoms with Crippen molar-refractivity contribution >= 4 is 23.1 Å². The number of thiazole rings is 1. The Kier molecular flexibility index (Phi) is 3.94. The summed E-state index contributed by atoms with van der Waals surface area (Å²) in [5, 5.41) is 16.2. The maximum atomic E-state index is 12.6. The van der Waals surface area contributed by atoms with Crippen LogP contribution in [0.3, 0.4) is 0 Å². The smallest absolute Gasteiger partial charge is 0.277 e. The molecule has 0 bridgehead atoms. The molecule has 1 aromatic carbocycles. The molecule has 6 nitrogen and oxygen atoms in total. The minimum atomic E-state index is -0.869. The number of aromatic nitrogens is 1. The van der Waals surface area contributed by atoms with Crippen molar-refractivity contribution < 1.29 is 9.90 Å². The third kappa shape index (κ3) is 2.78. The molecule has 4 rings (SSSR count). The Morgan fingerprint density at radius 1 is 1.32 bits per heavy atom. The fourth-order valence-electron chi connectivity index (χ4n) is 3.38. The van der Waals surface area contributed by atoms with E-state index in [2.05, 4.69) is 20.6 Å². The number of benzene rings is 1. The Bertz CT molecular complexity index is 845. The summed E-state index contributed by atoms with van der Waals surface area (Å²) in [5.74, 6) is 0.416. The third-order valence-corrected chi connectivity index (χ3v) is 5.91. The van der Waals surface area contributed by atoms with Gasteiger partial charge in [-0.05, 0) is 31.4 Å². The second-order valence-corrected chi connectivity index (χ2v) is 7.60. The minimum Gasteiger partial charge on any atom is -0.392 e. The summed E-state index contributed by atoms with van der Waals surface area (Å²) >= 11 is 1.61. The van der Waals surface area contributed by atoms with E-state index in [1.54, 1.807) is 11.3 Å². The third-order valence-electron chi connectivity index (χ3n) is 4.94. The van der Waals surface area contributed by atoms with Crippen molar-refractivity contribution in [2.45, 2.75) is 38.0 Å². The number of aryl methyl sites for hydroxylation is 1. The highest BCUT2D eigenvalue weighted by molar-refractivity contribution is 7.13. The monoisotopic (exact) mass is 356 g/mol. The van der Waals surface area contributed by atoms with Crippen LogP contribution >= 0.6 is 11.3 Å². The first-order valence-corrected chi connectivity index (χ1v) is 9.19. The fraction of sp³-hybridized carbons (Fsp3) is 0.389. The van der Waals surface area contributed by atoms with E-state index in [1.807, 2.05) is 43.6 Å². The second kappa shape index (κ2) is 6.01. The molecule has 0 unspecified atom stereocenters. The van der Waals surface area contributed by atoms with Crippen molar-refractivity contribution in [2.24, 2.45) is 4.99 Å². The molecule has 2 aromatic rings. The van der Waals surface area contributed by atoms with Crippen molar-refractivity contribution in [1.82, 2.24) is 15.6 Å². The molecular formula is C18H20N4O2S. The van der Waals surface area contributed by atoms with Crippen molar-refractivity contribution in [3.05, 3.63) is 41.0 Å². The summed E-state index contributed by atoms with van der Waals surface area (Å²) in [6.45, 7) is 4.37. The Hall–Kier alpha value is -2.09. The molecule has 1 saturated heterocycles. The quantitative estimate of drug-likeness (QED) is 0.777. The highest BCUT2D eigenvalue weighted by atomic mass is 32.1. The molecule has 1 amide bonds. The Balaban J connectivity index is 1.57. The van der Waals surface area contributed by atoms with Crippen LogP contribution < -0.4 is 10.6 Å². The van der Waals surface area contributed by atoms with E-state index in [4.69, 9.17) is 0 Å². The van der Waals surface area contributed by atoms with Crippen LogP contribution in [0.15, 0.2) is 34.8 Å². The van der Waals surface area contributed by atoms with Gasteiger partial charge in [0.1, 0.15) is 11.4 Å². The lowest BCUT2D eigenvalue weighted by Crippen LogP contribution is -2.47. The standard InChI is InChI=1S/C18H20N4O2S/c1-10-15(25-9-20-10)11-3-5-12(6-4-11)18(2)17(24)21-16(22-18)14-7-13(23)8-19-14/h3-6,9,13-14,19,23H,7-8H2,1-2H3,(H,21,22,24)/t13-,14-,18+/m1/s1. The average Bonchev–Trinajstić information content (AvgIpc) is 3.29. The fourth-order valence-corrected chi connectivity index (χ4v) is 4.19. The van der Waals surface area contributed by atoms with E-state index >= 15 is 0 Å². The summed E-state index contributed by atoms with van der Waals surface area (Å²) in [6.07, 6.45) is 0.178. The van der Waals surface area contributed by atoms with Gasteiger partial charge >= 0.3 is 0 Å². The molecule has 0 aliphatic carbocycles. The minimum absolute atomic E-state index is 0.0973.